The van der Waals surface area contributed by atoms with E-state index in [2.05, 4.69) is 44.3 Å². The molecule has 0 fully saturated rings. The molecule has 3 atom stereocenters. The number of fused-ring (bicyclic) bond motifs is 1. The molecular weight excluding hydrogens is 222 g/mol. The van der Waals surface area contributed by atoms with Crippen LogP contribution in [-0.2, 0) is 6.42 Å². The van der Waals surface area contributed by atoms with Gasteiger partial charge < -0.3 is 10.4 Å². The summed E-state index contributed by atoms with van der Waals surface area (Å²) in [6.45, 7) is 7.00. The lowest BCUT2D eigenvalue weighted by Crippen LogP contribution is -2.32. The fourth-order valence-corrected chi connectivity index (χ4v) is 3.00. The molecule has 0 aromatic heterocycles. The topological polar surface area (TPSA) is 32.3 Å². The highest BCUT2D eigenvalue weighted by Gasteiger charge is 2.29. The molecule has 0 spiro atoms. The SMILES string of the molecule is Cc1ccc2c(c1)C(NC(C)CCCO)C(C)C2. The van der Waals surface area contributed by atoms with Crippen molar-refractivity contribution in [1.29, 1.82) is 0 Å². The van der Waals surface area contributed by atoms with E-state index >= 15 is 0 Å². The van der Waals surface area contributed by atoms with E-state index in [9.17, 15) is 0 Å². The van der Waals surface area contributed by atoms with Crippen LogP contribution in [0.15, 0.2) is 18.2 Å². The molecule has 0 radical (unpaired) electrons. The van der Waals surface area contributed by atoms with E-state index in [1.54, 1.807) is 0 Å². The van der Waals surface area contributed by atoms with Gasteiger partial charge in [-0.1, -0.05) is 30.7 Å². The van der Waals surface area contributed by atoms with Crippen molar-refractivity contribution in [3.63, 3.8) is 0 Å². The molecule has 100 valence electrons. The highest BCUT2D eigenvalue weighted by molar-refractivity contribution is 5.38. The third kappa shape index (κ3) is 2.93. The van der Waals surface area contributed by atoms with Gasteiger partial charge >= 0.3 is 0 Å². The second kappa shape index (κ2) is 5.85. The van der Waals surface area contributed by atoms with Crippen LogP contribution in [0.3, 0.4) is 0 Å². The number of hydrogen-bond acceptors (Lipinski definition) is 2. The van der Waals surface area contributed by atoms with E-state index in [0.717, 1.165) is 12.8 Å². The van der Waals surface area contributed by atoms with Gasteiger partial charge in [-0.25, -0.2) is 0 Å². The molecule has 0 amide bonds. The van der Waals surface area contributed by atoms with E-state index in [1.165, 1.54) is 23.1 Å². The van der Waals surface area contributed by atoms with Crippen LogP contribution in [-0.4, -0.2) is 17.8 Å². The average molecular weight is 247 g/mol. The zero-order valence-electron chi connectivity index (χ0n) is 11.7. The van der Waals surface area contributed by atoms with E-state index < -0.39 is 0 Å². The predicted molar refractivity (Wildman–Crippen MR) is 75.7 cm³/mol. The van der Waals surface area contributed by atoms with Crippen molar-refractivity contribution in [2.75, 3.05) is 6.61 Å². The van der Waals surface area contributed by atoms with Crippen LogP contribution in [0.5, 0.6) is 0 Å². The van der Waals surface area contributed by atoms with Crippen LogP contribution in [0.2, 0.25) is 0 Å². The van der Waals surface area contributed by atoms with E-state index in [0.29, 0.717) is 24.6 Å². The van der Waals surface area contributed by atoms with Crippen molar-refractivity contribution in [1.82, 2.24) is 5.32 Å². The molecule has 2 rings (SSSR count). The van der Waals surface area contributed by atoms with Crippen molar-refractivity contribution >= 4 is 0 Å². The zero-order valence-corrected chi connectivity index (χ0v) is 11.7. The maximum atomic E-state index is 8.89. The Labute approximate surface area is 110 Å². The molecule has 0 aliphatic heterocycles. The minimum Gasteiger partial charge on any atom is -0.396 e. The number of aliphatic hydroxyl groups excluding tert-OH is 1. The fraction of sp³-hybridized carbons (Fsp3) is 0.625. The first-order valence-corrected chi connectivity index (χ1v) is 7.08. The largest absolute Gasteiger partial charge is 0.396 e. The van der Waals surface area contributed by atoms with Gasteiger partial charge in [-0.2, -0.15) is 0 Å². The number of aryl methyl sites for hydroxylation is 1. The first kappa shape index (κ1) is 13.6. The Morgan fingerprint density at radius 2 is 2.22 bits per heavy atom. The van der Waals surface area contributed by atoms with Crippen LogP contribution in [0.1, 0.15) is 49.4 Å². The number of benzene rings is 1. The van der Waals surface area contributed by atoms with Gasteiger partial charge in [0.25, 0.3) is 0 Å². The summed E-state index contributed by atoms with van der Waals surface area (Å²) >= 11 is 0. The molecule has 1 aliphatic rings. The van der Waals surface area contributed by atoms with Crippen molar-refractivity contribution in [3.05, 3.63) is 34.9 Å². The summed E-state index contributed by atoms with van der Waals surface area (Å²) < 4.78 is 0. The van der Waals surface area contributed by atoms with Crippen molar-refractivity contribution in [2.24, 2.45) is 5.92 Å². The molecule has 3 unspecified atom stereocenters. The summed E-state index contributed by atoms with van der Waals surface area (Å²) in [6.07, 6.45) is 3.11. The summed E-state index contributed by atoms with van der Waals surface area (Å²) in [5.74, 6) is 0.665. The van der Waals surface area contributed by atoms with Gasteiger partial charge in [-0.05, 0) is 50.2 Å². The Hall–Kier alpha value is -0.860. The quantitative estimate of drug-likeness (QED) is 0.838. The summed E-state index contributed by atoms with van der Waals surface area (Å²) in [4.78, 5) is 0. The molecule has 2 N–H and O–H groups in total. The Morgan fingerprint density at radius 3 is 2.94 bits per heavy atom. The Balaban J connectivity index is 2.07. The van der Waals surface area contributed by atoms with E-state index in [4.69, 9.17) is 5.11 Å². The predicted octanol–water partition coefficient (Wildman–Crippen LogP) is 2.98. The zero-order chi connectivity index (χ0) is 13.1. The van der Waals surface area contributed by atoms with E-state index in [-0.39, 0.29) is 0 Å². The average Bonchev–Trinajstić information content (AvgIpc) is 2.63. The molecule has 0 saturated carbocycles. The van der Waals surface area contributed by atoms with Crippen LogP contribution in [0.25, 0.3) is 0 Å². The third-order valence-electron chi connectivity index (χ3n) is 4.01. The molecule has 2 heteroatoms. The van der Waals surface area contributed by atoms with Crippen molar-refractivity contribution < 1.29 is 5.11 Å². The lowest BCUT2D eigenvalue weighted by atomic mass is 10.00. The minimum absolute atomic E-state index is 0.294. The maximum Gasteiger partial charge on any atom is 0.0431 e. The van der Waals surface area contributed by atoms with Crippen LogP contribution in [0, 0.1) is 12.8 Å². The van der Waals surface area contributed by atoms with Crippen molar-refractivity contribution in [3.8, 4) is 0 Å². The maximum absolute atomic E-state index is 8.89. The molecule has 18 heavy (non-hydrogen) atoms. The number of hydrogen-bond donors (Lipinski definition) is 2. The molecule has 0 saturated heterocycles. The summed E-state index contributed by atoms with van der Waals surface area (Å²) in [5.41, 5.74) is 4.33. The van der Waals surface area contributed by atoms with Gasteiger partial charge in [0.1, 0.15) is 0 Å². The minimum atomic E-state index is 0.294. The van der Waals surface area contributed by atoms with Gasteiger partial charge in [0.15, 0.2) is 0 Å². The second-order valence-electron chi connectivity index (χ2n) is 5.79. The molecule has 0 heterocycles. The summed E-state index contributed by atoms with van der Waals surface area (Å²) in [5, 5.41) is 12.6. The van der Waals surface area contributed by atoms with Gasteiger partial charge in [-0.3, -0.25) is 0 Å². The van der Waals surface area contributed by atoms with Gasteiger partial charge in [0.05, 0.1) is 0 Å². The third-order valence-corrected chi connectivity index (χ3v) is 4.01. The molecule has 0 bridgehead atoms. The Kier molecular flexibility index (Phi) is 4.41. The van der Waals surface area contributed by atoms with Crippen molar-refractivity contribution in [2.45, 2.75) is 52.1 Å². The molecule has 1 aliphatic carbocycles. The Bertz CT molecular complexity index is 402. The van der Waals surface area contributed by atoms with Gasteiger partial charge in [-0.15, -0.1) is 0 Å². The standard InChI is InChI=1S/C16H25NO/c1-11-6-7-14-10-12(2)16(15(14)9-11)17-13(3)5-4-8-18/h6-7,9,12-13,16-18H,4-5,8,10H2,1-3H3. The normalized spacial score (nSPS) is 24.0. The first-order valence-electron chi connectivity index (χ1n) is 7.08. The lowest BCUT2D eigenvalue weighted by molar-refractivity contribution is 0.269. The fourth-order valence-electron chi connectivity index (χ4n) is 3.00. The monoisotopic (exact) mass is 247 g/mol. The molecule has 1 aromatic carbocycles. The van der Waals surface area contributed by atoms with Gasteiger partial charge in [0.2, 0.25) is 0 Å². The second-order valence-corrected chi connectivity index (χ2v) is 5.79. The van der Waals surface area contributed by atoms with Crippen LogP contribution >= 0.6 is 0 Å². The summed E-state index contributed by atoms with van der Waals surface area (Å²) in [7, 11) is 0. The molecule has 2 nitrogen and oxygen atoms in total. The van der Waals surface area contributed by atoms with Gasteiger partial charge in [0, 0.05) is 18.7 Å². The number of rotatable bonds is 5. The smallest absolute Gasteiger partial charge is 0.0431 e. The summed E-state index contributed by atoms with van der Waals surface area (Å²) in [6, 6.07) is 7.77. The Morgan fingerprint density at radius 1 is 1.44 bits per heavy atom. The highest BCUT2D eigenvalue weighted by Crippen LogP contribution is 2.36. The molecular formula is C16H25NO. The van der Waals surface area contributed by atoms with E-state index in [1.807, 2.05) is 0 Å². The molecule has 1 aromatic rings. The van der Waals surface area contributed by atoms with Crippen LogP contribution in [0.4, 0.5) is 0 Å². The first-order chi connectivity index (χ1) is 8.61. The highest BCUT2D eigenvalue weighted by atomic mass is 16.2. The van der Waals surface area contributed by atoms with Crippen LogP contribution < -0.4 is 5.32 Å². The number of nitrogens with one attached hydrogen (secondary N) is 1. The lowest BCUT2D eigenvalue weighted by Gasteiger charge is -2.24. The number of aliphatic hydroxyl groups is 1.